The van der Waals surface area contributed by atoms with E-state index in [4.69, 9.17) is 0 Å². The number of H-pyrrole nitrogens is 1. The lowest BCUT2D eigenvalue weighted by Gasteiger charge is -2.33. The molecule has 4 heterocycles. The van der Waals surface area contributed by atoms with Crippen LogP contribution in [0.5, 0.6) is 0 Å². The van der Waals surface area contributed by atoms with Crippen molar-refractivity contribution in [3.8, 4) is 0 Å². The van der Waals surface area contributed by atoms with Gasteiger partial charge in [-0.05, 0) is 49.4 Å². The second-order valence-corrected chi connectivity index (χ2v) is 7.58. The number of amides is 1. The molecule has 5 rings (SSSR count). The molecule has 4 nitrogen and oxygen atoms in total. The number of hydrogen-bond acceptors (Lipinski definition) is 2. The normalized spacial score (nSPS) is 29.9. The Morgan fingerprint density at radius 2 is 2.12 bits per heavy atom. The van der Waals surface area contributed by atoms with Gasteiger partial charge in [-0.15, -0.1) is 0 Å². The number of benzene rings is 1. The summed E-state index contributed by atoms with van der Waals surface area (Å²) in [5.41, 5.74) is 1.42. The maximum absolute atomic E-state index is 13.6. The van der Waals surface area contributed by atoms with Gasteiger partial charge in [0.05, 0.1) is 5.56 Å². The highest BCUT2D eigenvalue weighted by Gasteiger charge is 2.48. The second-order valence-electron chi connectivity index (χ2n) is 7.58. The molecule has 3 aliphatic rings. The summed E-state index contributed by atoms with van der Waals surface area (Å²) in [5.74, 6) is 0.978. The SMILES string of the molecule is O=C(c1c[nH]c2ccc(F)cc12)N1C[C@@H]2CN3CCCC[C@H]3[C@@H]2C1. The highest BCUT2D eigenvalue weighted by molar-refractivity contribution is 6.06. The van der Waals surface area contributed by atoms with Crippen LogP contribution in [-0.4, -0.2) is 52.9 Å². The molecule has 0 aliphatic carbocycles. The fraction of sp³-hybridized carbons (Fsp3) is 0.526. The van der Waals surface area contributed by atoms with Crippen molar-refractivity contribution in [1.29, 1.82) is 0 Å². The van der Waals surface area contributed by atoms with Gasteiger partial charge in [0.2, 0.25) is 0 Å². The molecule has 3 aliphatic heterocycles. The maximum Gasteiger partial charge on any atom is 0.256 e. The summed E-state index contributed by atoms with van der Waals surface area (Å²) in [6, 6.07) is 5.24. The first-order valence-corrected chi connectivity index (χ1v) is 9.00. The lowest BCUT2D eigenvalue weighted by atomic mass is 9.90. The van der Waals surface area contributed by atoms with Gasteiger partial charge in [-0.25, -0.2) is 4.39 Å². The minimum absolute atomic E-state index is 0.0450. The number of aromatic nitrogens is 1. The zero-order valence-electron chi connectivity index (χ0n) is 13.7. The van der Waals surface area contributed by atoms with Crippen molar-refractivity contribution in [3.05, 3.63) is 35.8 Å². The van der Waals surface area contributed by atoms with Gasteiger partial charge >= 0.3 is 0 Å². The van der Waals surface area contributed by atoms with Crippen LogP contribution in [0.15, 0.2) is 24.4 Å². The van der Waals surface area contributed by atoms with Gasteiger partial charge in [0, 0.05) is 42.8 Å². The summed E-state index contributed by atoms with van der Waals surface area (Å²) >= 11 is 0. The first-order chi connectivity index (χ1) is 11.7. The Bertz CT molecular complexity index is 801. The molecule has 0 bridgehead atoms. The number of nitrogens with one attached hydrogen (secondary N) is 1. The Morgan fingerprint density at radius 1 is 1.21 bits per heavy atom. The minimum atomic E-state index is -0.299. The summed E-state index contributed by atoms with van der Waals surface area (Å²) in [5, 5.41) is 0.691. The number of nitrogens with zero attached hydrogens (tertiary/aromatic N) is 2. The molecule has 0 unspecified atom stereocenters. The van der Waals surface area contributed by atoms with Crippen LogP contribution >= 0.6 is 0 Å². The van der Waals surface area contributed by atoms with Crippen LogP contribution in [0.2, 0.25) is 0 Å². The van der Waals surface area contributed by atoms with Crippen LogP contribution in [-0.2, 0) is 0 Å². The van der Waals surface area contributed by atoms with Crippen molar-refractivity contribution >= 4 is 16.8 Å². The predicted octanol–water partition coefficient (Wildman–Crippen LogP) is 2.86. The van der Waals surface area contributed by atoms with E-state index in [1.807, 2.05) is 4.90 Å². The van der Waals surface area contributed by atoms with Gasteiger partial charge in [0.15, 0.2) is 0 Å². The number of likely N-dealkylation sites (tertiary alicyclic amines) is 1. The third-order valence-corrected chi connectivity index (χ3v) is 6.28. The van der Waals surface area contributed by atoms with Crippen LogP contribution in [0.1, 0.15) is 29.6 Å². The molecule has 1 amide bonds. The predicted molar refractivity (Wildman–Crippen MR) is 90.4 cm³/mol. The molecule has 3 fully saturated rings. The Balaban J connectivity index is 1.40. The van der Waals surface area contributed by atoms with Gasteiger partial charge in [-0.2, -0.15) is 0 Å². The van der Waals surface area contributed by atoms with Crippen molar-refractivity contribution in [2.45, 2.75) is 25.3 Å². The number of aromatic amines is 1. The monoisotopic (exact) mass is 327 g/mol. The number of rotatable bonds is 1. The van der Waals surface area contributed by atoms with Crippen LogP contribution in [0.3, 0.4) is 0 Å². The van der Waals surface area contributed by atoms with E-state index in [-0.39, 0.29) is 11.7 Å². The first-order valence-electron chi connectivity index (χ1n) is 9.00. The summed E-state index contributed by atoms with van der Waals surface area (Å²) in [6.07, 6.45) is 5.65. The highest BCUT2D eigenvalue weighted by Crippen LogP contribution is 2.40. The number of carbonyl (C=O) groups excluding carboxylic acids is 1. The zero-order chi connectivity index (χ0) is 16.3. The molecule has 5 heteroatoms. The number of halogens is 1. The third-order valence-electron chi connectivity index (χ3n) is 6.28. The summed E-state index contributed by atoms with van der Waals surface area (Å²) in [7, 11) is 0. The van der Waals surface area contributed by atoms with E-state index in [1.54, 1.807) is 12.3 Å². The van der Waals surface area contributed by atoms with Gasteiger partial charge in [0.1, 0.15) is 5.82 Å². The van der Waals surface area contributed by atoms with Gasteiger partial charge in [0.25, 0.3) is 5.91 Å². The summed E-state index contributed by atoms with van der Waals surface area (Å²) in [6.45, 7) is 4.07. The van der Waals surface area contributed by atoms with Crippen molar-refractivity contribution in [2.75, 3.05) is 26.2 Å². The van der Waals surface area contributed by atoms with Crippen LogP contribution in [0, 0.1) is 17.7 Å². The topological polar surface area (TPSA) is 39.3 Å². The van der Waals surface area contributed by atoms with Crippen molar-refractivity contribution in [1.82, 2.24) is 14.8 Å². The zero-order valence-corrected chi connectivity index (χ0v) is 13.7. The molecule has 126 valence electrons. The highest BCUT2D eigenvalue weighted by atomic mass is 19.1. The van der Waals surface area contributed by atoms with Crippen molar-refractivity contribution < 1.29 is 9.18 Å². The minimum Gasteiger partial charge on any atom is -0.360 e. The smallest absolute Gasteiger partial charge is 0.256 e. The van der Waals surface area contributed by atoms with Crippen molar-refractivity contribution in [3.63, 3.8) is 0 Å². The molecule has 0 spiro atoms. The first kappa shape index (κ1) is 14.5. The fourth-order valence-electron chi connectivity index (χ4n) is 5.16. The molecule has 3 saturated heterocycles. The molecule has 1 aromatic carbocycles. The van der Waals surface area contributed by atoms with E-state index in [0.717, 1.165) is 25.2 Å². The largest absolute Gasteiger partial charge is 0.360 e. The average molecular weight is 327 g/mol. The number of fused-ring (bicyclic) bond motifs is 4. The van der Waals surface area contributed by atoms with E-state index < -0.39 is 0 Å². The van der Waals surface area contributed by atoms with Crippen molar-refractivity contribution in [2.24, 2.45) is 11.8 Å². The Morgan fingerprint density at radius 3 is 3.04 bits per heavy atom. The van der Waals surface area contributed by atoms with E-state index in [2.05, 4.69) is 9.88 Å². The molecule has 0 saturated carbocycles. The van der Waals surface area contributed by atoms with Gasteiger partial charge in [-0.3, -0.25) is 9.69 Å². The number of carbonyl (C=O) groups is 1. The summed E-state index contributed by atoms with van der Waals surface area (Å²) < 4.78 is 13.6. The quantitative estimate of drug-likeness (QED) is 0.875. The lowest BCUT2D eigenvalue weighted by molar-refractivity contribution is 0.0755. The number of hydrogen-bond donors (Lipinski definition) is 1. The molecular weight excluding hydrogens is 305 g/mol. The van der Waals surface area contributed by atoms with E-state index in [1.165, 1.54) is 37.9 Å². The Labute approximate surface area is 140 Å². The fourth-order valence-corrected chi connectivity index (χ4v) is 5.16. The van der Waals surface area contributed by atoms with Crippen LogP contribution < -0.4 is 0 Å². The molecular formula is C19H22FN3O. The van der Waals surface area contributed by atoms with E-state index in [0.29, 0.717) is 28.8 Å². The molecule has 24 heavy (non-hydrogen) atoms. The second kappa shape index (κ2) is 5.31. The lowest BCUT2D eigenvalue weighted by Crippen LogP contribution is -2.40. The van der Waals surface area contributed by atoms with Crippen LogP contribution in [0.4, 0.5) is 4.39 Å². The van der Waals surface area contributed by atoms with Gasteiger partial charge in [-0.1, -0.05) is 6.42 Å². The van der Waals surface area contributed by atoms with Gasteiger partial charge < -0.3 is 9.88 Å². The van der Waals surface area contributed by atoms with E-state index >= 15 is 0 Å². The average Bonchev–Trinajstić information content (AvgIpc) is 3.25. The third kappa shape index (κ3) is 2.10. The maximum atomic E-state index is 13.6. The molecule has 1 aromatic heterocycles. The Hall–Kier alpha value is -1.88. The molecule has 1 N–H and O–H groups in total. The molecule has 3 atom stereocenters. The number of piperidine rings is 1. The van der Waals surface area contributed by atoms with E-state index in [9.17, 15) is 9.18 Å². The molecule has 0 radical (unpaired) electrons. The molecule has 2 aromatic rings. The standard InChI is InChI=1S/C19H22FN3O/c20-13-4-5-17-14(7-13)15(8-21-17)19(24)23-10-12-9-22-6-2-1-3-18(22)16(12)11-23/h4-5,7-8,12,16,18,21H,1-3,6,9-11H2/t12-,16+,18-/m0/s1. The van der Waals surface area contributed by atoms with Crippen LogP contribution in [0.25, 0.3) is 10.9 Å². The summed E-state index contributed by atoms with van der Waals surface area (Å²) in [4.78, 5) is 20.7. The Kier molecular flexibility index (Phi) is 3.20.